The molecular formula is C28H22Cl2Hf. The summed E-state index contributed by atoms with van der Waals surface area (Å²) in [7, 11) is 0. The molecule has 0 bridgehead atoms. The van der Waals surface area contributed by atoms with Gasteiger partial charge in [0, 0.05) is 0 Å². The molecule has 2 atom stereocenters. The third kappa shape index (κ3) is 3.37. The van der Waals surface area contributed by atoms with Crippen molar-refractivity contribution in [3.63, 3.8) is 0 Å². The Kier molecular flexibility index (Phi) is 6.32. The van der Waals surface area contributed by atoms with Gasteiger partial charge in [-0.15, -0.1) is 0 Å². The molecular weight excluding hydrogens is 586 g/mol. The van der Waals surface area contributed by atoms with Crippen LogP contribution in [0.2, 0.25) is 0 Å². The summed E-state index contributed by atoms with van der Waals surface area (Å²) in [5.41, 5.74) is 15.2. The van der Waals surface area contributed by atoms with E-state index in [0.717, 1.165) is 0 Å². The van der Waals surface area contributed by atoms with E-state index in [2.05, 4.69) is 98.8 Å². The third-order valence-electron chi connectivity index (χ3n) is 6.68. The topological polar surface area (TPSA) is 0 Å². The van der Waals surface area contributed by atoms with E-state index >= 15 is 0 Å². The van der Waals surface area contributed by atoms with Crippen molar-refractivity contribution < 1.29 is 47.7 Å². The van der Waals surface area contributed by atoms with E-state index in [1.807, 2.05) is 0 Å². The van der Waals surface area contributed by atoms with Crippen molar-refractivity contribution in [2.24, 2.45) is 0 Å². The number of halogens is 2. The van der Waals surface area contributed by atoms with Crippen molar-refractivity contribution in [2.75, 3.05) is 0 Å². The summed E-state index contributed by atoms with van der Waals surface area (Å²) in [6.07, 6.45) is 0. The van der Waals surface area contributed by atoms with Crippen LogP contribution in [0.5, 0.6) is 0 Å². The predicted molar refractivity (Wildman–Crippen MR) is 117 cm³/mol. The van der Waals surface area contributed by atoms with Gasteiger partial charge < -0.3 is 24.8 Å². The zero-order valence-electron chi connectivity index (χ0n) is 17.5. The van der Waals surface area contributed by atoms with Gasteiger partial charge in [0.25, 0.3) is 0 Å². The monoisotopic (exact) mass is 608 g/mol. The van der Waals surface area contributed by atoms with E-state index in [9.17, 15) is 0 Å². The van der Waals surface area contributed by atoms with E-state index in [1.54, 1.807) is 22.3 Å². The first-order chi connectivity index (χ1) is 14.2. The number of hydrogen-bond donors (Lipinski definition) is 0. The molecule has 152 valence electrons. The molecule has 0 saturated heterocycles. The SMILES string of the molecule is Cc1cccc2c1[CH]([Hf+2][CH]1c3ccccc3-c3cccc(C)c31)c1ccccc1-2.[Cl-].[Cl-]. The molecule has 0 aromatic heterocycles. The van der Waals surface area contributed by atoms with Crippen molar-refractivity contribution in [2.45, 2.75) is 21.2 Å². The molecule has 3 heteroatoms. The Balaban J connectivity index is 0.00000116. The van der Waals surface area contributed by atoms with E-state index in [-0.39, 0.29) is 24.8 Å². The summed E-state index contributed by atoms with van der Waals surface area (Å²) >= 11 is -1.17. The maximum Gasteiger partial charge on any atom is -1.00 e. The fourth-order valence-corrected chi connectivity index (χ4v) is 13.7. The summed E-state index contributed by atoms with van der Waals surface area (Å²) in [5.74, 6) is 0. The van der Waals surface area contributed by atoms with Gasteiger partial charge in [0.15, 0.2) is 0 Å². The van der Waals surface area contributed by atoms with Gasteiger partial charge in [-0.3, -0.25) is 0 Å². The summed E-state index contributed by atoms with van der Waals surface area (Å²) in [5, 5.41) is 0. The summed E-state index contributed by atoms with van der Waals surface area (Å²) < 4.78 is 1.29. The fourth-order valence-electron chi connectivity index (χ4n) is 5.41. The van der Waals surface area contributed by atoms with Crippen LogP contribution in [0.25, 0.3) is 22.3 Å². The first-order valence-electron chi connectivity index (χ1n) is 10.4. The molecule has 0 spiro atoms. The molecule has 0 N–H and O–H groups in total. The van der Waals surface area contributed by atoms with Crippen LogP contribution in [0.4, 0.5) is 0 Å². The minimum Gasteiger partial charge on any atom is -1.00 e. The largest absolute Gasteiger partial charge is 1.00 e. The van der Waals surface area contributed by atoms with Gasteiger partial charge in [-0.05, 0) is 0 Å². The first kappa shape index (κ1) is 22.5. The Hall–Kier alpha value is -1.67. The smallest absolute Gasteiger partial charge is 1.00 e. The first-order valence-corrected chi connectivity index (χ1v) is 14.5. The van der Waals surface area contributed by atoms with Gasteiger partial charge in [0.05, 0.1) is 0 Å². The van der Waals surface area contributed by atoms with Gasteiger partial charge in [-0.1, -0.05) is 0 Å². The third-order valence-corrected chi connectivity index (χ3v) is 13.4. The van der Waals surface area contributed by atoms with E-state index < -0.39 is 22.9 Å². The minimum absolute atomic E-state index is 0. The Morgan fingerprint density at radius 3 is 1.32 bits per heavy atom. The van der Waals surface area contributed by atoms with Crippen molar-refractivity contribution in [1.82, 2.24) is 0 Å². The number of hydrogen-bond acceptors (Lipinski definition) is 0. The average molecular weight is 608 g/mol. The molecule has 0 fully saturated rings. The van der Waals surface area contributed by atoms with Gasteiger partial charge in [0.2, 0.25) is 0 Å². The molecule has 2 aliphatic rings. The Bertz CT molecular complexity index is 1180. The molecule has 0 nitrogen and oxygen atoms in total. The molecule has 31 heavy (non-hydrogen) atoms. The van der Waals surface area contributed by atoms with Gasteiger partial charge >= 0.3 is 185 Å². The fraction of sp³-hybridized carbons (Fsp3) is 0.143. The van der Waals surface area contributed by atoms with Gasteiger partial charge in [-0.25, -0.2) is 0 Å². The number of fused-ring (bicyclic) bond motifs is 6. The van der Waals surface area contributed by atoms with Crippen LogP contribution in [0.1, 0.15) is 40.7 Å². The molecule has 0 aliphatic heterocycles. The number of rotatable bonds is 2. The van der Waals surface area contributed by atoms with Crippen molar-refractivity contribution in [3.8, 4) is 22.3 Å². The van der Waals surface area contributed by atoms with Crippen LogP contribution in [0, 0.1) is 13.8 Å². The van der Waals surface area contributed by atoms with E-state index in [4.69, 9.17) is 0 Å². The van der Waals surface area contributed by atoms with Crippen molar-refractivity contribution >= 4 is 0 Å². The molecule has 0 saturated carbocycles. The van der Waals surface area contributed by atoms with Crippen LogP contribution in [-0.4, -0.2) is 0 Å². The molecule has 2 aliphatic carbocycles. The predicted octanol–water partition coefficient (Wildman–Crippen LogP) is 1.23. The summed E-state index contributed by atoms with van der Waals surface area (Å²) in [4.78, 5) is 0. The van der Waals surface area contributed by atoms with Crippen molar-refractivity contribution in [1.29, 1.82) is 0 Å². The summed E-state index contributed by atoms with van der Waals surface area (Å²) in [6.45, 7) is 4.62. The van der Waals surface area contributed by atoms with Crippen LogP contribution in [0.3, 0.4) is 0 Å². The van der Waals surface area contributed by atoms with Crippen molar-refractivity contribution in [3.05, 3.63) is 118 Å². The second kappa shape index (κ2) is 8.70. The maximum absolute atomic E-state index is 2.39. The zero-order valence-corrected chi connectivity index (χ0v) is 22.6. The second-order valence-electron chi connectivity index (χ2n) is 8.28. The van der Waals surface area contributed by atoms with Gasteiger partial charge in [-0.2, -0.15) is 0 Å². The molecule has 4 aromatic rings. The maximum atomic E-state index is 2.39. The number of benzene rings is 4. The Labute approximate surface area is 208 Å². The van der Waals surface area contributed by atoms with Crippen LogP contribution >= 0.6 is 0 Å². The average Bonchev–Trinajstić information content (AvgIpc) is 3.24. The standard InChI is InChI=1S/2C14H11.2ClH.Hf/c2*1-10-5-4-8-13-12-7-3-2-6-11(12)9-14(10)13;;;/h2*2-9H,1H3;2*1H;/q;;;;+2/p-2. The molecule has 6 rings (SSSR count). The Morgan fingerprint density at radius 2 is 0.871 bits per heavy atom. The van der Waals surface area contributed by atoms with Crippen LogP contribution in [0.15, 0.2) is 84.9 Å². The second-order valence-corrected chi connectivity index (χ2v) is 13.6. The minimum atomic E-state index is -1.17. The number of aryl methyl sites for hydroxylation is 2. The summed E-state index contributed by atoms with van der Waals surface area (Å²) in [6, 6.07) is 32.1. The molecule has 0 radical (unpaired) electrons. The van der Waals surface area contributed by atoms with Crippen LogP contribution < -0.4 is 24.8 Å². The normalized spacial score (nSPS) is 16.7. The Morgan fingerprint density at radius 1 is 0.484 bits per heavy atom. The van der Waals surface area contributed by atoms with Crippen LogP contribution in [-0.2, 0) is 22.9 Å². The molecule has 2 unspecified atom stereocenters. The van der Waals surface area contributed by atoms with Gasteiger partial charge in [0.1, 0.15) is 0 Å². The van der Waals surface area contributed by atoms with E-state index in [1.165, 1.54) is 33.4 Å². The molecule has 4 aromatic carbocycles. The molecule has 0 amide bonds. The van der Waals surface area contributed by atoms with E-state index in [0.29, 0.717) is 7.35 Å². The zero-order chi connectivity index (χ0) is 19.5. The molecule has 0 heterocycles. The quantitative estimate of drug-likeness (QED) is 0.301.